The van der Waals surface area contributed by atoms with Crippen LogP contribution < -0.4 is 5.32 Å². The predicted molar refractivity (Wildman–Crippen MR) is 84.7 cm³/mol. The first-order valence-electron chi connectivity index (χ1n) is 8.16. The summed E-state index contributed by atoms with van der Waals surface area (Å²) in [7, 11) is 4.58. The SMILES string of the molecule is CCNCC(CC)(CC)CN(C)C1CCN(C)CC1. The Morgan fingerprint density at radius 2 is 1.74 bits per heavy atom. The van der Waals surface area contributed by atoms with Gasteiger partial charge in [-0.2, -0.15) is 0 Å². The molecule has 1 aliphatic heterocycles. The van der Waals surface area contributed by atoms with E-state index < -0.39 is 0 Å². The molecular formula is C16H35N3. The third-order valence-corrected chi connectivity index (χ3v) is 5.15. The van der Waals surface area contributed by atoms with Crippen molar-refractivity contribution in [2.75, 3.05) is 46.8 Å². The Balaban J connectivity index is 2.52. The Kier molecular flexibility index (Phi) is 7.33. The summed E-state index contributed by atoms with van der Waals surface area (Å²) in [6.45, 7) is 12.9. The largest absolute Gasteiger partial charge is 0.316 e. The van der Waals surface area contributed by atoms with Gasteiger partial charge in [-0.1, -0.05) is 20.8 Å². The predicted octanol–water partition coefficient (Wildman–Crippen LogP) is 2.43. The molecule has 19 heavy (non-hydrogen) atoms. The second-order valence-electron chi connectivity index (χ2n) is 6.44. The van der Waals surface area contributed by atoms with Gasteiger partial charge in [0.1, 0.15) is 0 Å². The van der Waals surface area contributed by atoms with Gasteiger partial charge in [-0.05, 0) is 64.8 Å². The number of hydrogen-bond donors (Lipinski definition) is 1. The first-order chi connectivity index (χ1) is 9.06. The van der Waals surface area contributed by atoms with Crippen molar-refractivity contribution < 1.29 is 0 Å². The van der Waals surface area contributed by atoms with Crippen molar-refractivity contribution in [3.05, 3.63) is 0 Å². The van der Waals surface area contributed by atoms with Crippen molar-refractivity contribution in [3.63, 3.8) is 0 Å². The lowest BCUT2D eigenvalue weighted by atomic mass is 9.81. The lowest BCUT2D eigenvalue weighted by Gasteiger charge is -2.41. The minimum atomic E-state index is 0.452. The number of piperidine rings is 1. The van der Waals surface area contributed by atoms with E-state index in [-0.39, 0.29) is 0 Å². The summed E-state index contributed by atoms with van der Waals surface area (Å²) in [6, 6.07) is 0.787. The van der Waals surface area contributed by atoms with Crippen LogP contribution in [0.3, 0.4) is 0 Å². The van der Waals surface area contributed by atoms with Gasteiger partial charge in [-0.3, -0.25) is 0 Å². The van der Waals surface area contributed by atoms with Crippen molar-refractivity contribution in [2.45, 2.75) is 52.5 Å². The number of hydrogen-bond acceptors (Lipinski definition) is 3. The molecule has 0 aromatic heterocycles. The van der Waals surface area contributed by atoms with Crippen LogP contribution in [0.4, 0.5) is 0 Å². The maximum atomic E-state index is 3.57. The van der Waals surface area contributed by atoms with Crippen molar-refractivity contribution >= 4 is 0 Å². The molecule has 0 aromatic carbocycles. The fraction of sp³-hybridized carbons (Fsp3) is 1.00. The van der Waals surface area contributed by atoms with E-state index in [1.54, 1.807) is 0 Å². The molecule has 0 spiro atoms. The molecule has 1 saturated heterocycles. The van der Waals surface area contributed by atoms with Crippen molar-refractivity contribution in [1.29, 1.82) is 0 Å². The van der Waals surface area contributed by atoms with Crippen LogP contribution in [-0.4, -0.2) is 62.7 Å². The topological polar surface area (TPSA) is 18.5 Å². The molecule has 0 saturated carbocycles. The fourth-order valence-electron chi connectivity index (χ4n) is 3.26. The second-order valence-corrected chi connectivity index (χ2v) is 6.44. The van der Waals surface area contributed by atoms with Crippen LogP contribution in [0, 0.1) is 5.41 Å². The monoisotopic (exact) mass is 269 g/mol. The summed E-state index contributed by atoms with van der Waals surface area (Å²) >= 11 is 0. The fourth-order valence-corrected chi connectivity index (χ4v) is 3.26. The van der Waals surface area contributed by atoms with E-state index in [0.29, 0.717) is 5.41 Å². The first-order valence-corrected chi connectivity index (χ1v) is 8.16. The van der Waals surface area contributed by atoms with Crippen molar-refractivity contribution in [1.82, 2.24) is 15.1 Å². The Labute approximate surface area is 120 Å². The average Bonchev–Trinajstić information content (AvgIpc) is 2.44. The molecule has 1 N–H and O–H groups in total. The molecule has 0 atom stereocenters. The van der Waals surface area contributed by atoms with E-state index in [2.05, 4.69) is 50.0 Å². The normalized spacial score (nSPS) is 19.3. The van der Waals surface area contributed by atoms with Crippen LogP contribution in [0.2, 0.25) is 0 Å². The third-order valence-electron chi connectivity index (χ3n) is 5.15. The molecule has 0 bridgehead atoms. The van der Waals surface area contributed by atoms with Crippen LogP contribution in [0.25, 0.3) is 0 Å². The third kappa shape index (κ3) is 5.05. The van der Waals surface area contributed by atoms with Crippen molar-refractivity contribution in [3.8, 4) is 0 Å². The van der Waals surface area contributed by atoms with Crippen LogP contribution in [0.15, 0.2) is 0 Å². The molecule has 0 unspecified atom stereocenters. The van der Waals surface area contributed by atoms with Gasteiger partial charge in [-0.15, -0.1) is 0 Å². The molecule has 0 aliphatic carbocycles. The van der Waals surface area contributed by atoms with Gasteiger partial charge in [-0.25, -0.2) is 0 Å². The minimum absolute atomic E-state index is 0.452. The lowest BCUT2D eigenvalue weighted by molar-refractivity contribution is 0.0863. The van der Waals surface area contributed by atoms with Gasteiger partial charge >= 0.3 is 0 Å². The van der Waals surface area contributed by atoms with Crippen molar-refractivity contribution in [2.24, 2.45) is 5.41 Å². The number of nitrogens with one attached hydrogen (secondary N) is 1. The molecular weight excluding hydrogens is 234 g/mol. The molecule has 1 aliphatic rings. The molecule has 1 rings (SSSR count). The second kappa shape index (κ2) is 8.23. The van der Waals surface area contributed by atoms with Crippen LogP contribution in [0.5, 0.6) is 0 Å². The quantitative estimate of drug-likeness (QED) is 0.730. The molecule has 0 aromatic rings. The zero-order chi connectivity index (χ0) is 14.3. The maximum Gasteiger partial charge on any atom is 0.0117 e. The molecule has 3 heteroatoms. The summed E-state index contributed by atoms with van der Waals surface area (Å²) in [6.07, 6.45) is 5.20. The number of nitrogens with zero attached hydrogens (tertiary/aromatic N) is 2. The average molecular weight is 269 g/mol. The highest BCUT2D eigenvalue weighted by Gasteiger charge is 2.30. The summed E-state index contributed by atoms with van der Waals surface area (Å²) in [5.74, 6) is 0. The first kappa shape index (κ1) is 16.9. The van der Waals surface area contributed by atoms with Gasteiger partial charge < -0.3 is 15.1 Å². The van der Waals surface area contributed by atoms with Crippen LogP contribution in [-0.2, 0) is 0 Å². The summed E-state index contributed by atoms with van der Waals surface area (Å²) in [5.41, 5.74) is 0.452. The highest BCUT2D eigenvalue weighted by molar-refractivity contribution is 4.86. The Morgan fingerprint density at radius 3 is 2.21 bits per heavy atom. The summed E-state index contributed by atoms with van der Waals surface area (Å²) < 4.78 is 0. The highest BCUT2D eigenvalue weighted by atomic mass is 15.2. The Morgan fingerprint density at radius 1 is 1.16 bits per heavy atom. The molecule has 1 heterocycles. The number of likely N-dealkylation sites (tertiary alicyclic amines) is 1. The van der Waals surface area contributed by atoms with Gasteiger partial charge in [0.05, 0.1) is 0 Å². The Hall–Kier alpha value is -0.120. The molecule has 0 amide bonds. The summed E-state index contributed by atoms with van der Waals surface area (Å²) in [5, 5.41) is 3.57. The van der Waals surface area contributed by atoms with Crippen LogP contribution in [0.1, 0.15) is 46.5 Å². The van der Waals surface area contributed by atoms with E-state index in [1.807, 2.05) is 0 Å². The minimum Gasteiger partial charge on any atom is -0.316 e. The van der Waals surface area contributed by atoms with E-state index in [1.165, 1.54) is 45.3 Å². The van der Waals surface area contributed by atoms with Gasteiger partial charge in [0.2, 0.25) is 0 Å². The highest BCUT2D eigenvalue weighted by Crippen LogP contribution is 2.28. The molecule has 3 nitrogen and oxygen atoms in total. The molecule has 114 valence electrons. The zero-order valence-electron chi connectivity index (χ0n) is 13.8. The maximum absolute atomic E-state index is 3.57. The molecule has 1 fully saturated rings. The van der Waals surface area contributed by atoms with Gasteiger partial charge in [0, 0.05) is 19.1 Å². The van der Waals surface area contributed by atoms with E-state index in [0.717, 1.165) is 19.1 Å². The number of rotatable bonds is 8. The summed E-state index contributed by atoms with van der Waals surface area (Å²) in [4.78, 5) is 5.09. The van der Waals surface area contributed by atoms with E-state index >= 15 is 0 Å². The van der Waals surface area contributed by atoms with Gasteiger partial charge in [0.15, 0.2) is 0 Å². The Bertz CT molecular complexity index is 230. The smallest absolute Gasteiger partial charge is 0.0117 e. The zero-order valence-corrected chi connectivity index (χ0v) is 13.8. The van der Waals surface area contributed by atoms with E-state index in [4.69, 9.17) is 0 Å². The van der Waals surface area contributed by atoms with Gasteiger partial charge in [0.25, 0.3) is 0 Å². The van der Waals surface area contributed by atoms with E-state index in [9.17, 15) is 0 Å². The lowest BCUT2D eigenvalue weighted by Crippen LogP contribution is -2.48. The van der Waals surface area contributed by atoms with Crippen LogP contribution >= 0.6 is 0 Å². The standard InChI is InChI=1S/C16H35N3/c1-6-16(7-2,13-17-8-3)14-19(5)15-9-11-18(4)12-10-15/h15,17H,6-14H2,1-5H3. The molecule has 0 radical (unpaired) electrons.